The Balaban J connectivity index is 0.949. The monoisotopic (exact) mass is 881 g/mol. The maximum atomic E-state index is 13.2. The Labute approximate surface area is 368 Å². The average molecular weight is 881 g/mol. The molecule has 2 saturated heterocycles. The van der Waals surface area contributed by atoms with Crippen molar-refractivity contribution in [1.29, 1.82) is 0 Å². The Bertz CT molecular complexity index is 1520. The van der Waals surface area contributed by atoms with Gasteiger partial charge in [0, 0.05) is 26.4 Å². The van der Waals surface area contributed by atoms with Crippen LogP contribution in [0.25, 0.3) is 0 Å². The zero-order valence-electron chi connectivity index (χ0n) is 38.1. The van der Waals surface area contributed by atoms with Crippen LogP contribution in [0.2, 0.25) is 0 Å². The molecule has 0 aromatic heterocycles. The smallest absolute Gasteiger partial charge is 0.307 e. The third-order valence-electron chi connectivity index (χ3n) is 16.5. The van der Waals surface area contributed by atoms with E-state index in [1.54, 1.807) is 4.90 Å². The Kier molecular flexibility index (Phi) is 17.0. The number of hydrogen-bond donors (Lipinski definition) is 8. The summed E-state index contributed by atoms with van der Waals surface area (Å²) in [6.07, 6.45) is 1.08. The Morgan fingerprint density at radius 1 is 0.855 bits per heavy atom. The molecule has 15 nitrogen and oxygen atoms in total. The molecule has 0 radical (unpaired) electrons. The third-order valence-corrected chi connectivity index (χ3v) is 16.5. The molecule has 0 aromatic carbocycles. The molecule has 6 rings (SSSR count). The molecule has 6 aliphatic rings. The van der Waals surface area contributed by atoms with Crippen molar-refractivity contribution in [2.45, 2.75) is 192 Å². The number of allylic oxidation sites excluding steroid dienone is 1. The first-order valence-electron chi connectivity index (χ1n) is 23.9. The first kappa shape index (κ1) is 49.7. The van der Waals surface area contributed by atoms with Crippen LogP contribution in [0.15, 0.2) is 11.6 Å². The zero-order chi connectivity index (χ0) is 45.1. The number of nitrogens with zero attached hydrogens (tertiary/aromatic N) is 1. The number of aliphatic hydroxyl groups excluding tert-OH is 7. The highest BCUT2D eigenvalue weighted by atomic mass is 16.7. The van der Waals surface area contributed by atoms with Crippen molar-refractivity contribution >= 4 is 11.9 Å². The highest BCUT2D eigenvalue weighted by molar-refractivity contribution is 5.75. The van der Waals surface area contributed by atoms with E-state index in [0.717, 1.165) is 55.3 Å². The average Bonchev–Trinajstić information content (AvgIpc) is 3.59. The largest absolute Gasteiger partial charge is 0.462 e. The van der Waals surface area contributed by atoms with E-state index >= 15 is 0 Å². The summed E-state index contributed by atoms with van der Waals surface area (Å²) in [5, 5.41) is 75.0. The van der Waals surface area contributed by atoms with Crippen LogP contribution in [0.4, 0.5) is 0 Å². The van der Waals surface area contributed by atoms with Crippen LogP contribution in [0.1, 0.15) is 125 Å². The summed E-state index contributed by atoms with van der Waals surface area (Å²) in [5.74, 6) is 4.11. The van der Waals surface area contributed by atoms with E-state index in [2.05, 4.69) is 46.0 Å². The van der Waals surface area contributed by atoms with Crippen LogP contribution in [0, 0.1) is 46.3 Å². The molecule has 2 unspecified atom stereocenters. The summed E-state index contributed by atoms with van der Waals surface area (Å²) in [4.78, 5) is 27.4. The summed E-state index contributed by atoms with van der Waals surface area (Å²) >= 11 is 0. The van der Waals surface area contributed by atoms with Gasteiger partial charge in [-0.1, -0.05) is 65.5 Å². The molecule has 4 aliphatic carbocycles. The number of carbonyl (C=O) groups excluding carboxylic acids is 2. The Hall–Kier alpha value is -1.76. The van der Waals surface area contributed by atoms with Gasteiger partial charge in [-0.15, -0.1) is 0 Å². The molecule has 0 aromatic rings. The number of nitrogens with one attached hydrogen (secondary N) is 1. The van der Waals surface area contributed by atoms with E-state index in [-0.39, 0.29) is 42.9 Å². The van der Waals surface area contributed by atoms with Crippen LogP contribution in [0.3, 0.4) is 0 Å². The molecule has 8 N–H and O–H groups in total. The van der Waals surface area contributed by atoms with Crippen LogP contribution in [-0.4, -0.2) is 153 Å². The molecule has 5 fully saturated rings. The van der Waals surface area contributed by atoms with Gasteiger partial charge in [-0.25, -0.2) is 0 Å². The fourth-order valence-electron chi connectivity index (χ4n) is 12.9. The normalized spacial score (nSPS) is 42.4. The molecule has 62 heavy (non-hydrogen) atoms. The highest BCUT2D eigenvalue weighted by Gasteiger charge is 2.59. The Morgan fingerprint density at radius 2 is 1.58 bits per heavy atom. The second-order valence-corrected chi connectivity index (χ2v) is 20.8. The second kappa shape index (κ2) is 21.3. The van der Waals surface area contributed by atoms with Crippen LogP contribution >= 0.6 is 0 Å². The van der Waals surface area contributed by atoms with Crippen molar-refractivity contribution in [1.82, 2.24) is 10.2 Å². The van der Waals surface area contributed by atoms with Crippen LogP contribution in [-0.2, 0) is 28.5 Å². The van der Waals surface area contributed by atoms with E-state index in [1.807, 2.05) is 0 Å². The number of aliphatic hydroxyl groups is 7. The van der Waals surface area contributed by atoms with Gasteiger partial charge in [0.2, 0.25) is 5.91 Å². The van der Waals surface area contributed by atoms with Crippen molar-refractivity contribution in [3.63, 3.8) is 0 Å². The number of amides is 1. The quantitative estimate of drug-likeness (QED) is 0.0563. The van der Waals surface area contributed by atoms with Gasteiger partial charge in [0.15, 0.2) is 6.29 Å². The standard InChI is InChI=1S/C47H80N2O13/c1-26(2)9-7-10-27(3)32-13-14-33-31-12-11-29-23-30(15-18-46(29,5)34(31)16-19-47(32,33)6)59-37(53)17-22-49(28(4)52)21-8-20-48-44-42(58)43(39(55)36(25-51)60-44)62-45-41(57)40(56)38(54)35(24-50)61-45/h11,26-27,30-36,38-45,48,50-51,54-58H,7-10,12-25H2,1-6H3/t27-,30?,31+,32-,33+,34+,35-,36-,38-,39-,40+,41-,42-,43+,44?,45+,46+,47-/m1/s1. The van der Waals surface area contributed by atoms with Crippen molar-refractivity contribution in [3.05, 3.63) is 11.6 Å². The van der Waals surface area contributed by atoms with Gasteiger partial charge in [-0.3, -0.25) is 14.9 Å². The minimum Gasteiger partial charge on any atom is -0.462 e. The summed E-state index contributed by atoms with van der Waals surface area (Å²) < 4.78 is 22.8. The van der Waals surface area contributed by atoms with Gasteiger partial charge >= 0.3 is 5.97 Å². The van der Waals surface area contributed by atoms with Gasteiger partial charge in [-0.05, 0) is 104 Å². The van der Waals surface area contributed by atoms with Crippen LogP contribution in [0.5, 0.6) is 0 Å². The maximum Gasteiger partial charge on any atom is 0.307 e. The van der Waals surface area contributed by atoms with Gasteiger partial charge in [0.05, 0.1) is 19.6 Å². The van der Waals surface area contributed by atoms with Gasteiger partial charge in [0.1, 0.15) is 61.2 Å². The molecule has 1 amide bonds. The molecule has 3 saturated carbocycles. The molecule has 15 heteroatoms. The number of esters is 1. The molecule has 2 heterocycles. The molecule has 0 spiro atoms. The van der Waals surface area contributed by atoms with Gasteiger partial charge in [-0.2, -0.15) is 0 Å². The summed E-state index contributed by atoms with van der Waals surface area (Å²) in [6, 6.07) is 0. The minimum absolute atomic E-state index is 0.0688. The lowest BCUT2D eigenvalue weighted by Crippen LogP contribution is -2.66. The van der Waals surface area contributed by atoms with E-state index in [9.17, 15) is 45.3 Å². The molecule has 2 aliphatic heterocycles. The fourth-order valence-corrected chi connectivity index (χ4v) is 12.9. The van der Waals surface area contributed by atoms with E-state index in [4.69, 9.17) is 18.9 Å². The zero-order valence-corrected chi connectivity index (χ0v) is 38.1. The number of ether oxygens (including phenoxy) is 4. The number of rotatable bonds is 18. The van der Waals surface area contributed by atoms with E-state index in [0.29, 0.717) is 24.3 Å². The highest BCUT2D eigenvalue weighted by Crippen LogP contribution is 2.67. The minimum atomic E-state index is -1.77. The summed E-state index contributed by atoms with van der Waals surface area (Å²) in [5.41, 5.74) is 2.07. The second-order valence-electron chi connectivity index (χ2n) is 20.8. The summed E-state index contributed by atoms with van der Waals surface area (Å²) in [6.45, 7) is 13.2. The number of hydrogen-bond acceptors (Lipinski definition) is 14. The Morgan fingerprint density at radius 3 is 2.27 bits per heavy atom. The maximum absolute atomic E-state index is 13.2. The lowest BCUT2D eigenvalue weighted by Gasteiger charge is -2.58. The van der Waals surface area contributed by atoms with Crippen LogP contribution < -0.4 is 5.32 Å². The lowest BCUT2D eigenvalue weighted by molar-refractivity contribution is -0.343. The topological polar surface area (TPSA) is 228 Å². The first-order valence-corrected chi connectivity index (χ1v) is 23.9. The van der Waals surface area contributed by atoms with E-state index in [1.165, 1.54) is 57.4 Å². The predicted molar refractivity (Wildman–Crippen MR) is 229 cm³/mol. The molecule has 356 valence electrons. The van der Waals surface area contributed by atoms with Gasteiger partial charge in [0.25, 0.3) is 0 Å². The van der Waals surface area contributed by atoms with E-state index < -0.39 is 74.6 Å². The summed E-state index contributed by atoms with van der Waals surface area (Å²) in [7, 11) is 0. The molecular weight excluding hydrogens is 801 g/mol. The fraction of sp³-hybridized carbons (Fsp3) is 0.915. The molecule has 18 atom stereocenters. The number of carbonyl (C=O) groups is 2. The third kappa shape index (κ3) is 10.6. The number of fused-ring (bicyclic) bond motifs is 5. The lowest BCUT2D eigenvalue weighted by atomic mass is 9.47. The first-order chi connectivity index (χ1) is 29.4. The van der Waals surface area contributed by atoms with Crippen molar-refractivity contribution in [3.8, 4) is 0 Å². The van der Waals surface area contributed by atoms with Crippen molar-refractivity contribution in [2.24, 2.45) is 46.3 Å². The van der Waals surface area contributed by atoms with Gasteiger partial charge < -0.3 is 59.6 Å². The predicted octanol–water partition coefficient (Wildman–Crippen LogP) is 2.78. The molecular formula is C47H80N2O13. The van der Waals surface area contributed by atoms with Crippen molar-refractivity contribution < 1.29 is 64.3 Å². The van der Waals surface area contributed by atoms with Crippen molar-refractivity contribution in [2.75, 3.05) is 32.8 Å². The molecule has 0 bridgehead atoms. The SMILES string of the molecule is CC(=O)N(CCCNC1O[C@H](CO)[C@@H](O)[C@H](O[C@@H]2O[C@H](CO)[C@@H](O)[C@H](O)[C@H]2O)[C@H]1O)CCC(=O)OC1CC[C@@]2(C)C(=CC[C@H]3[C@@H]4CC[C@H]([C@H](C)CCCC(C)C)[C@@]4(C)CC[C@@H]32)C1.